The molecule has 0 aliphatic heterocycles. The van der Waals surface area contributed by atoms with Gasteiger partial charge in [-0.05, 0) is 56.9 Å². The standard InChI is InChI=1S/C19H28N2O5S/c1-14(2)21-27(24,25)17-10-8-16(9-11-17)19(23)20-12-18(22)26-13-15-6-4-3-5-7-15/h8-11,14-15,21H,3-7,12-13H2,1-2H3,(H,20,23). The molecule has 1 aliphatic carbocycles. The second-order valence-electron chi connectivity index (χ2n) is 7.17. The number of carbonyl (C=O) groups is 2. The van der Waals surface area contributed by atoms with Crippen molar-refractivity contribution in [2.45, 2.75) is 56.9 Å². The summed E-state index contributed by atoms with van der Waals surface area (Å²) in [4.78, 5) is 24.0. The van der Waals surface area contributed by atoms with Gasteiger partial charge in [-0.15, -0.1) is 0 Å². The lowest BCUT2D eigenvalue weighted by molar-refractivity contribution is -0.144. The Morgan fingerprint density at radius 1 is 1.11 bits per heavy atom. The van der Waals surface area contributed by atoms with E-state index in [2.05, 4.69) is 10.0 Å². The van der Waals surface area contributed by atoms with Gasteiger partial charge in [-0.3, -0.25) is 9.59 Å². The largest absolute Gasteiger partial charge is 0.464 e. The number of hydrogen-bond donors (Lipinski definition) is 2. The minimum Gasteiger partial charge on any atom is -0.464 e. The van der Waals surface area contributed by atoms with Gasteiger partial charge in [0.2, 0.25) is 10.0 Å². The lowest BCUT2D eigenvalue weighted by atomic mass is 9.90. The molecule has 1 amide bonds. The minimum atomic E-state index is -3.60. The molecule has 1 saturated carbocycles. The van der Waals surface area contributed by atoms with Gasteiger partial charge in [0.25, 0.3) is 5.91 Å². The number of ether oxygens (including phenoxy) is 1. The summed E-state index contributed by atoms with van der Waals surface area (Å²) in [7, 11) is -3.60. The molecule has 150 valence electrons. The van der Waals surface area contributed by atoms with E-state index in [1.165, 1.54) is 43.5 Å². The van der Waals surface area contributed by atoms with Crippen molar-refractivity contribution in [2.24, 2.45) is 5.92 Å². The fraction of sp³-hybridized carbons (Fsp3) is 0.579. The SMILES string of the molecule is CC(C)NS(=O)(=O)c1ccc(C(=O)NCC(=O)OCC2CCCCC2)cc1. The van der Waals surface area contributed by atoms with Crippen LogP contribution in [-0.2, 0) is 19.6 Å². The van der Waals surface area contributed by atoms with E-state index in [1.807, 2.05) is 0 Å². The number of rotatable bonds is 8. The monoisotopic (exact) mass is 396 g/mol. The van der Waals surface area contributed by atoms with Gasteiger partial charge in [-0.2, -0.15) is 0 Å². The number of benzene rings is 1. The highest BCUT2D eigenvalue weighted by atomic mass is 32.2. The number of carbonyl (C=O) groups excluding carboxylic acids is 2. The molecule has 1 aromatic carbocycles. The van der Waals surface area contributed by atoms with Crippen molar-refractivity contribution < 1.29 is 22.7 Å². The van der Waals surface area contributed by atoms with E-state index in [4.69, 9.17) is 4.74 Å². The van der Waals surface area contributed by atoms with Gasteiger partial charge in [-0.25, -0.2) is 13.1 Å². The summed E-state index contributed by atoms with van der Waals surface area (Å²) in [6, 6.07) is 5.33. The third-order valence-electron chi connectivity index (χ3n) is 4.42. The number of hydrogen-bond acceptors (Lipinski definition) is 5. The maximum atomic E-state index is 12.1. The Morgan fingerprint density at radius 2 is 1.74 bits per heavy atom. The van der Waals surface area contributed by atoms with Crippen LogP contribution in [0.1, 0.15) is 56.3 Å². The van der Waals surface area contributed by atoms with Crippen LogP contribution < -0.4 is 10.0 Å². The van der Waals surface area contributed by atoms with Crippen LogP contribution in [0.25, 0.3) is 0 Å². The van der Waals surface area contributed by atoms with Crippen molar-refractivity contribution in [2.75, 3.05) is 13.2 Å². The maximum absolute atomic E-state index is 12.1. The molecule has 0 aromatic heterocycles. The molecule has 7 nitrogen and oxygen atoms in total. The summed E-state index contributed by atoms with van der Waals surface area (Å²) in [6.07, 6.45) is 5.77. The van der Waals surface area contributed by atoms with Crippen LogP contribution in [0.4, 0.5) is 0 Å². The fourth-order valence-electron chi connectivity index (χ4n) is 3.03. The predicted octanol–water partition coefficient (Wildman–Crippen LogP) is 2.23. The van der Waals surface area contributed by atoms with Gasteiger partial charge in [-0.1, -0.05) is 19.3 Å². The third kappa shape index (κ3) is 6.95. The highest BCUT2D eigenvalue weighted by Crippen LogP contribution is 2.23. The van der Waals surface area contributed by atoms with Crippen molar-refractivity contribution >= 4 is 21.9 Å². The molecule has 0 unspecified atom stereocenters. The molecule has 1 aromatic rings. The first-order valence-corrected chi connectivity index (χ1v) is 10.8. The van der Waals surface area contributed by atoms with Crippen LogP contribution in [0.5, 0.6) is 0 Å². The first-order valence-electron chi connectivity index (χ1n) is 9.34. The fourth-order valence-corrected chi connectivity index (χ4v) is 4.29. The average molecular weight is 397 g/mol. The zero-order valence-electron chi connectivity index (χ0n) is 15.9. The highest BCUT2D eigenvalue weighted by Gasteiger charge is 2.18. The summed E-state index contributed by atoms with van der Waals surface area (Å²) in [5, 5.41) is 2.50. The van der Waals surface area contributed by atoms with Gasteiger partial charge in [0.1, 0.15) is 6.54 Å². The summed E-state index contributed by atoms with van der Waals surface area (Å²) >= 11 is 0. The minimum absolute atomic E-state index is 0.0830. The number of esters is 1. The molecular weight excluding hydrogens is 368 g/mol. The van der Waals surface area contributed by atoms with E-state index >= 15 is 0 Å². The first-order chi connectivity index (χ1) is 12.8. The Balaban J connectivity index is 1.80. The molecular formula is C19H28N2O5S. The van der Waals surface area contributed by atoms with E-state index in [9.17, 15) is 18.0 Å². The van der Waals surface area contributed by atoms with Crippen LogP contribution in [0.3, 0.4) is 0 Å². The molecule has 0 saturated heterocycles. The zero-order valence-corrected chi connectivity index (χ0v) is 16.7. The summed E-state index contributed by atoms with van der Waals surface area (Å²) in [6.45, 7) is 3.66. The summed E-state index contributed by atoms with van der Waals surface area (Å²) in [5.74, 6) is -0.494. The smallest absolute Gasteiger partial charge is 0.325 e. The summed E-state index contributed by atoms with van der Waals surface area (Å²) in [5.41, 5.74) is 0.276. The highest BCUT2D eigenvalue weighted by molar-refractivity contribution is 7.89. The maximum Gasteiger partial charge on any atom is 0.325 e. The van der Waals surface area contributed by atoms with Crippen LogP contribution in [0.15, 0.2) is 29.2 Å². The second kappa shape index (κ2) is 9.85. The second-order valence-corrected chi connectivity index (χ2v) is 8.88. The molecule has 1 aliphatic rings. The van der Waals surface area contributed by atoms with Gasteiger partial charge < -0.3 is 10.1 Å². The van der Waals surface area contributed by atoms with Crippen molar-refractivity contribution in [3.63, 3.8) is 0 Å². The van der Waals surface area contributed by atoms with Crippen molar-refractivity contribution in [1.82, 2.24) is 10.0 Å². The van der Waals surface area contributed by atoms with Gasteiger partial charge in [0.05, 0.1) is 11.5 Å². The normalized spacial score (nSPS) is 15.5. The Morgan fingerprint density at radius 3 is 2.33 bits per heavy atom. The number of sulfonamides is 1. The molecule has 2 N–H and O–H groups in total. The van der Waals surface area contributed by atoms with E-state index in [1.54, 1.807) is 13.8 Å². The molecule has 0 heterocycles. The Bertz CT molecular complexity index is 738. The van der Waals surface area contributed by atoms with Crippen LogP contribution in [-0.4, -0.2) is 39.5 Å². The molecule has 0 radical (unpaired) electrons. The Labute approximate surface area is 160 Å². The van der Waals surface area contributed by atoms with E-state index in [0.717, 1.165) is 12.8 Å². The number of nitrogens with one attached hydrogen (secondary N) is 2. The molecule has 0 bridgehead atoms. The van der Waals surface area contributed by atoms with E-state index in [-0.39, 0.29) is 23.0 Å². The predicted molar refractivity (Wildman–Crippen MR) is 102 cm³/mol. The third-order valence-corrected chi connectivity index (χ3v) is 6.09. The number of amides is 1. The molecule has 8 heteroatoms. The zero-order chi connectivity index (χ0) is 19.9. The lowest BCUT2D eigenvalue weighted by Gasteiger charge is -2.21. The van der Waals surface area contributed by atoms with Crippen LogP contribution in [0.2, 0.25) is 0 Å². The molecule has 2 rings (SSSR count). The Kier molecular flexibility index (Phi) is 7.79. The van der Waals surface area contributed by atoms with E-state index < -0.39 is 21.9 Å². The Hall–Kier alpha value is -1.93. The lowest BCUT2D eigenvalue weighted by Crippen LogP contribution is -2.32. The van der Waals surface area contributed by atoms with E-state index in [0.29, 0.717) is 12.5 Å². The molecule has 0 atom stereocenters. The summed E-state index contributed by atoms with van der Waals surface area (Å²) < 4.78 is 31.8. The molecule has 27 heavy (non-hydrogen) atoms. The molecule has 1 fully saturated rings. The average Bonchev–Trinajstić information content (AvgIpc) is 2.64. The van der Waals surface area contributed by atoms with Crippen molar-refractivity contribution in [3.8, 4) is 0 Å². The topological polar surface area (TPSA) is 102 Å². The van der Waals surface area contributed by atoms with Crippen LogP contribution >= 0.6 is 0 Å². The van der Waals surface area contributed by atoms with Gasteiger partial charge in [0.15, 0.2) is 0 Å². The van der Waals surface area contributed by atoms with Crippen LogP contribution in [0, 0.1) is 5.92 Å². The quantitative estimate of drug-likeness (QED) is 0.656. The van der Waals surface area contributed by atoms with Crippen molar-refractivity contribution in [3.05, 3.63) is 29.8 Å². The molecule has 0 spiro atoms. The first kappa shape index (κ1) is 21.4. The van der Waals surface area contributed by atoms with Crippen molar-refractivity contribution in [1.29, 1.82) is 0 Å². The van der Waals surface area contributed by atoms with Gasteiger partial charge in [0, 0.05) is 11.6 Å². The van der Waals surface area contributed by atoms with Gasteiger partial charge >= 0.3 is 5.97 Å².